The molecular weight excluding hydrogens is 397 g/mol. The molecule has 160 valence electrons. The van der Waals surface area contributed by atoms with E-state index in [1.807, 2.05) is 43.1 Å². The van der Waals surface area contributed by atoms with Gasteiger partial charge in [-0.2, -0.15) is 0 Å². The molecule has 8 heteroatoms. The van der Waals surface area contributed by atoms with Crippen LogP contribution >= 0.6 is 0 Å². The smallest absolute Gasteiger partial charge is 0.316 e. The number of pyridine rings is 1. The van der Waals surface area contributed by atoms with Crippen molar-refractivity contribution in [3.63, 3.8) is 0 Å². The van der Waals surface area contributed by atoms with Crippen molar-refractivity contribution in [2.45, 2.75) is 45.2 Å². The van der Waals surface area contributed by atoms with Gasteiger partial charge in [-0.05, 0) is 56.9 Å². The third-order valence-corrected chi connectivity index (χ3v) is 6.28. The summed E-state index contributed by atoms with van der Waals surface area (Å²) in [7, 11) is 0. The lowest BCUT2D eigenvalue weighted by molar-refractivity contribution is 0.0704. The van der Waals surface area contributed by atoms with Crippen molar-refractivity contribution in [1.82, 2.24) is 24.8 Å². The van der Waals surface area contributed by atoms with Crippen LogP contribution in [-0.4, -0.2) is 49.4 Å². The number of H-pyrrole nitrogens is 1. The highest BCUT2D eigenvalue weighted by atomic mass is 19.1. The zero-order chi connectivity index (χ0) is 21.5. The van der Waals surface area contributed by atoms with Gasteiger partial charge in [-0.25, -0.2) is 19.3 Å². The lowest BCUT2D eigenvalue weighted by Gasteiger charge is -2.25. The van der Waals surface area contributed by atoms with E-state index >= 15 is 0 Å². The number of fused-ring (bicyclic) bond motifs is 2. The van der Waals surface area contributed by atoms with Gasteiger partial charge in [-0.1, -0.05) is 0 Å². The van der Waals surface area contributed by atoms with Crippen LogP contribution in [0.25, 0.3) is 11.3 Å². The average molecular weight is 421 g/mol. The van der Waals surface area contributed by atoms with E-state index in [1.54, 1.807) is 0 Å². The van der Waals surface area contributed by atoms with E-state index in [-0.39, 0.29) is 29.9 Å². The number of nitrogens with zero attached hydrogens (tertiary/aromatic N) is 4. The average Bonchev–Trinajstić information content (AvgIpc) is 3.47. The van der Waals surface area contributed by atoms with Gasteiger partial charge in [0.1, 0.15) is 5.69 Å². The van der Waals surface area contributed by atoms with Gasteiger partial charge in [0, 0.05) is 41.1 Å². The molecule has 0 radical (unpaired) electrons. The number of carbonyl (C=O) groups is 1. The minimum Gasteiger partial charge on any atom is -0.463 e. The van der Waals surface area contributed by atoms with Gasteiger partial charge in [0.15, 0.2) is 5.82 Å². The molecule has 3 aromatic heterocycles. The SMILES string of the molecule is Cc1c[nH]c(-c2ccc(C)nc2C(=O)N2[C@@H]3CC[C@H]2[C@H](COc2ncc(F)cn2)C3)c1. The van der Waals surface area contributed by atoms with Crippen molar-refractivity contribution in [2.75, 3.05) is 6.61 Å². The summed E-state index contributed by atoms with van der Waals surface area (Å²) in [5, 5.41) is 0. The number of aryl methyl sites for hydroxylation is 2. The molecule has 2 saturated heterocycles. The van der Waals surface area contributed by atoms with Crippen LogP contribution in [0.1, 0.15) is 41.0 Å². The Morgan fingerprint density at radius 1 is 1.26 bits per heavy atom. The van der Waals surface area contributed by atoms with Crippen LogP contribution in [0.3, 0.4) is 0 Å². The molecule has 0 aromatic carbocycles. The monoisotopic (exact) mass is 421 g/mol. The van der Waals surface area contributed by atoms with Gasteiger partial charge in [-0.15, -0.1) is 0 Å². The Hall–Kier alpha value is -3.29. The molecule has 0 unspecified atom stereocenters. The van der Waals surface area contributed by atoms with Crippen LogP contribution in [-0.2, 0) is 0 Å². The van der Waals surface area contributed by atoms with Crippen molar-refractivity contribution >= 4 is 5.91 Å². The molecule has 0 aliphatic carbocycles. The van der Waals surface area contributed by atoms with E-state index in [0.29, 0.717) is 12.3 Å². The van der Waals surface area contributed by atoms with Crippen LogP contribution in [0.5, 0.6) is 6.01 Å². The Labute approximate surface area is 179 Å². The van der Waals surface area contributed by atoms with Gasteiger partial charge in [0.25, 0.3) is 5.91 Å². The van der Waals surface area contributed by atoms with Gasteiger partial charge in [-0.3, -0.25) is 4.79 Å². The van der Waals surface area contributed by atoms with Crippen LogP contribution in [0.4, 0.5) is 4.39 Å². The van der Waals surface area contributed by atoms with Crippen molar-refractivity contribution < 1.29 is 13.9 Å². The van der Waals surface area contributed by atoms with E-state index in [2.05, 4.69) is 19.9 Å². The number of carbonyl (C=O) groups excluding carboxylic acids is 1. The molecule has 0 spiro atoms. The highest BCUT2D eigenvalue weighted by Crippen LogP contribution is 2.43. The maximum Gasteiger partial charge on any atom is 0.316 e. The molecule has 3 aromatic rings. The second-order valence-electron chi connectivity index (χ2n) is 8.44. The Kier molecular flexibility index (Phi) is 4.92. The number of aromatic amines is 1. The molecule has 5 heterocycles. The zero-order valence-electron chi connectivity index (χ0n) is 17.5. The van der Waals surface area contributed by atoms with Crippen molar-refractivity contribution in [2.24, 2.45) is 5.92 Å². The van der Waals surface area contributed by atoms with Crippen LogP contribution in [0.15, 0.2) is 36.8 Å². The lowest BCUT2D eigenvalue weighted by Crippen LogP contribution is -2.38. The molecule has 0 saturated carbocycles. The molecule has 31 heavy (non-hydrogen) atoms. The Morgan fingerprint density at radius 3 is 2.81 bits per heavy atom. The first kappa shape index (κ1) is 19.7. The van der Waals surface area contributed by atoms with Gasteiger partial charge in [0.2, 0.25) is 0 Å². The summed E-state index contributed by atoms with van der Waals surface area (Å²) in [4.78, 5) is 31.3. The second-order valence-corrected chi connectivity index (χ2v) is 8.44. The van der Waals surface area contributed by atoms with Crippen molar-refractivity contribution in [1.29, 1.82) is 0 Å². The number of halogens is 1. The normalized spacial score (nSPS) is 22.2. The summed E-state index contributed by atoms with van der Waals surface area (Å²) in [6, 6.07) is 6.36. The molecule has 7 nitrogen and oxygen atoms in total. The fourth-order valence-electron chi connectivity index (χ4n) is 4.88. The maximum atomic E-state index is 13.7. The molecule has 1 N–H and O–H groups in total. The molecule has 3 atom stereocenters. The topological polar surface area (TPSA) is 84.0 Å². The zero-order valence-corrected chi connectivity index (χ0v) is 17.5. The summed E-state index contributed by atoms with van der Waals surface area (Å²) in [6.45, 7) is 4.32. The number of hydrogen-bond acceptors (Lipinski definition) is 5. The standard InChI is InChI=1S/C23H24FN5O2/c1-13-7-19(25-9-13)18-5-3-14(2)28-21(18)22(30)29-17-4-6-20(29)15(8-17)12-31-23-26-10-16(24)11-27-23/h3,5,7,9-11,15,17,20,25H,4,6,8,12H2,1-2H3/t15-,17+,20-/m0/s1. The Balaban J connectivity index is 1.37. The van der Waals surface area contributed by atoms with Crippen LogP contribution in [0, 0.1) is 25.6 Å². The fourth-order valence-corrected chi connectivity index (χ4v) is 4.88. The van der Waals surface area contributed by atoms with Gasteiger partial charge < -0.3 is 14.6 Å². The summed E-state index contributed by atoms with van der Waals surface area (Å²) < 4.78 is 18.7. The van der Waals surface area contributed by atoms with E-state index in [4.69, 9.17) is 4.74 Å². The second kappa shape index (κ2) is 7.76. The van der Waals surface area contributed by atoms with Crippen molar-refractivity contribution in [3.05, 3.63) is 59.6 Å². The van der Waals surface area contributed by atoms with E-state index in [9.17, 15) is 9.18 Å². The molecule has 5 rings (SSSR count). The Bertz CT molecular complexity index is 1110. The van der Waals surface area contributed by atoms with Crippen LogP contribution < -0.4 is 4.74 Å². The number of amides is 1. The molecule has 2 aliphatic rings. The highest BCUT2D eigenvalue weighted by Gasteiger charge is 2.49. The third kappa shape index (κ3) is 3.66. The van der Waals surface area contributed by atoms with E-state index in [0.717, 1.165) is 54.2 Å². The summed E-state index contributed by atoms with van der Waals surface area (Å²) in [5.74, 6) is -0.334. The number of nitrogens with one attached hydrogen (secondary N) is 1. The number of rotatable bonds is 5. The minimum atomic E-state index is -0.497. The number of aromatic nitrogens is 4. The first-order chi connectivity index (χ1) is 15.0. The van der Waals surface area contributed by atoms with Gasteiger partial charge in [0.05, 0.1) is 19.0 Å². The third-order valence-electron chi connectivity index (χ3n) is 6.28. The van der Waals surface area contributed by atoms with Crippen LogP contribution in [0.2, 0.25) is 0 Å². The predicted molar refractivity (Wildman–Crippen MR) is 112 cm³/mol. The predicted octanol–water partition coefficient (Wildman–Crippen LogP) is 3.69. The van der Waals surface area contributed by atoms with E-state index < -0.39 is 5.82 Å². The summed E-state index contributed by atoms with van der Waals surface area (Å²) in [6.07, 6.45) is 6.91. The molecule has 2 bridgehead atoms. The molecule has 1 amide bonds. The van der Waals surface area contributed by atoms with E-state index in [1.165, 1.54) is 0 Å². The maximum absolute atomic E-state index is 13.7. The number of hydrogen-bond donors (Lipinski definition) is 1. The fraction of sp³-hybridized carbons (Fsp3) is 0.391. The quantitative estimate of drug-likeness (QED) is 0.679. The minimum absolute atomic E-state index is 0.0287. The first-order valence-electron chi connectivity index (χ1n) is 10.6. The molecule has 2 fully saturated rings. The largest absolute Gasteiger partial charge is 0.463 e. The highest BCUT2D eigenvalue weighted by molar-refractivity contribution is 5.99. The molecule has 2 aliphatic heterocycles. The first-order valence-corrected chi connectivity index (χ1v) is 10.6. The summed E-state index contributed by atoms with van der Waals surface area (Å²) >= 11 is 0. The summed E-state index contributed by atoms with van der Waals surface area (Å²) in [5.41, 5.74) is 4.13. The van der Waals surface area contributed by atoms with Gasteiger partial charge >= 0.3 is 6.01 Å². The molecular formula is C23H24FN5O2. The number of ether oxygens (including phenoxy) is 1. The van der Waals surface area contributed by atoms with Crippen molar-refractivity contribution in [3.8, 4) is 17.3 Å². The lowest BCUT2D eigenvalue weighted by atomic mass is 9.90. The Morgan fingerprint density at radius 2 is 2.06 bits per heavy atom.